The molecule has 0 spiro atoms. The minimum absolute atomic E-state index is 0.139. The number of rotatable bonds is 7. The molecule has 0 saturated carbocycles. The van der Waals surface area contributed by atoms with Gasteiger partial charge in [0.1, 0.15) is 12.3 Å². The van der Waals surface area contributed by atoms with Crippen molar-refractivity contribution in [1.82, 2.24) is 24.6 Å². The lowest BCUT2D eigenvalue weighted by atomic mass is 10.1. The zero-order valence-corrected chi connectivity index (χ0v) is 16.2. The number of nitrogens with zero attached hydrogens (tertiary/aromatic N) is 4. The van der Waals surface area contributed by atoms with E-state index in [1.165, 1.54) is 27.7 Å². The maximum Gasteiger partial charge on any atom is 0.266 e. The van der Waals surface area contributed by atoms with Gasteiger partial charge in [-0.2, -0.15) is 5.10 Å². The highest BCUT2D eigenvalue weighted by molar-refractivity contribution is 5.75. The standard InChI is InChI=1S/C20H21N5O4/c1-14-11-20(28)24(13-22-14)12-18(26)21-9-10-25-19(27)8-7-17(23-25)15-3-5-16(29-2)6-4-15/h3-8,11,13H,9-10,12H2,1-2H3,(H,21,26). The van der Waals surface area contributed by atoms with Crippen LogP contribution >= 0.6 is 0 Å². The minimum atomic E-state index is -0.350. The number of nitrogens with one attached hydrogen (secondary N) is 1. The van der Waals surface area contributed by atoms with Crippen LogP contribution in [-0.2, 0) is 17.9 Å². The number of hydrogen-bond donors (Lipinski definition) is 1. The van der Waals surface area contributed by atoms with Crippen LogP contribution in [0.5, 0.6) is 5.75 Å². The van der Waals surface area contributed by atoms with Crippen LogP contribution < -0.4 is 21.2 Å². The summed E-state index contributed by atoms with van der Waals surface area (Å²) in [6.07, 6.45) is 1.33. The summed E-state index contributed by atoms with van der Waals surface area (Å²) in [5, 5.41) is 7.03. The van der Waals surface area contributed by atoms with Gasteiger partial charge < -0.3 is 10.1 Å². The second-order valence-electron chi connectivity index (χ2n) is 6.35. The number of benzene rings is 1. The van der Waals surface area contributed by atoms with Crippen LogP contribution in [0, 0.1) is 6.92 Å². The highest BCUT2D eigenvalue weighted by atomic mass is 16.5. The van der Waals surface area contributed by atoms with Crippen molar-refractivity contribution in [2.24, 2.45) is 0 Å². The van der Waals surface area contributed by atoms with E-state index in [0.717, 1.165) is 11.3 Å². The first kappa shape index (κ1) is 20.0. The Labute approximate surface area is 166 Å². The quantitative estimate of drug-likeness (QED) is 0.628. The molecular formula is C20H21N5O4. The average Bonchev–Trinajstić information content (AvgIpc) is 2.71. The fourth-order valence-corrected chi connectivity index (χ4v) is 2.67. The van der Waals surface area contributed by atoms with Crippen molar-refractivity contribution >= 4 is 5.91 Å². The summed E-state index contributed by atoms with van der Waals surface area (Å²) < 4.78 is 7.65. The van der Waals surface area contributed by atoms with E-state index in [1.807, 2.05) is 24.3 Å². The molecule has 0 aliphatic heterocycles. The molecule has 2 heterocycles. The number of methoxy groups -OCH3 is 1. The average molecular weight is 395 g/mol. The van der Waals surface area contributed by atoms with Crippen LogP contribution in [0.1, 0.15) is 5.69 Å². The zero-order valence-electron chi connectivity index (χ0n) is 16.2. The van der Waals surface area contributed by atoms with Crippen LogP contribution in [0.3, 0.4) is 0 Å². The smallest absolute Gasteiger partial charge is 0.266 e. The second-order valence-corrected chi connectivity index (χ2v) is 6.35. The Kier molecular flexibility index (Phi) is 6.18. The SMILES string of the molecule is COc1ccc(-c2ccc(=O)n(CCNC(=O)Cn3cnc(C)cc3=O)n2)cc1. The van der Waals surface area contributed by atoms with Crippen molar-refractivity contribution in [3.05, 3.63) is 75.2 Å². The Hall–Kier alpha value is -3.75. The van der Waals surface area contributed by atoms with Crippen LogP contribution in [0.4, 0.5) is 0 Å². The fourth-order valence-electron chi connectivity index (χ4n) is 2.67. The van der Waals surface area contributed by atoms with Crippen molar-refractivity contribution in [2.75, 3.05) is 13.7 Å². The number of ether oxygens (including phenoxy) is 1. The van der Waals surface area contributed by atoms with Gasteiger partial charge in [0.25, 0.3) is 11.1 Å². The Morgan fingerprint density at radius 3 is 2.55 bits per heavy atom. The fraction of sp³-hybridized carbons (Fsp3) is 0.250. The van der Waals surface area contributed by atoms with Crippen LogP contribution in [0.15, 0.2) is 58.4 Å². The number of amides is 1. The molecular weight excluding hydrogens is 374 g/mol. The number of aromatic nitrogens is 4. The van der Waals surface area contributed by atoms with Crippen LogP contribution in [-0.4, -0.2) is 38.9 Å². The Balaban J connectivity index is 1.62. The van der Waals surface area contributed by atoms with Crippen molar-refractivity contribution < 1.29 is 9.53 Å². The molecule has 0 unspecified atom stereocenters. The molecule has 0 aliphatic carbocycles. The zero-order chi connectivity index (χ0) is 20.8. The first-order valence-corrected chi connectivity index (χ1v) is 8.98. The molecule has 0 fully saturated rings. The van der Waals surface area contributed by atoms with Gasteiger partial charge in [0, 0.05) is 29.9 Å². The molecule has 1 amide bonds. The van der Waals surface area contributed by atoms with Gasteiger partial charge in [0.15, 0.2) is 0 Å². The first-order chi connectivity index (χ1) is 14.0. The predicted octanol–water partition coefficient (Wildman–Crippen LogP) is 0.600. The maximum absolute atomic E-state index is 12.1. The summed E-state index contributed by atoms with van der Waals surface area (Å²) in [4.78, 5) is 39.9. The Morgan fingerprint density at radius 1 is 1.10 bits per heavy atom. The summed E-state index contributed by atoms with van der Waals surface area (Å²) in [7, 11) is 1.59. The molecule has 3 rings (SSSR count). The molecule has 0 atom stereocenters. The molecule has 150 valence electrons. The summed E-state index contributed by atoms with van der Waals surface area (Å²) in [6, 6.07) is 11.8. The Morgan fingerprint density at radius 2 is 1.86 bits per heavy atom. The monoisotopic (exact) mass is 395 g/mol. The molecule has 0 radical (unpaired) electrons. The lowest BCUT2D eigenvalue weighted by Crippen LogP contribution is -2.35. The topological polar surface area (TPSA) is 108 Å². The van der Waals surface area contributed by atoms with Gasteiger partial charge in [0.05, 0.1) is 25.7 Å². The number of hydrogen-bond acceptors (Lipinski definition) is 6. The van der Waals surface area contributed by atoms with E-state index in [1.54, 1.807) is 20.1 Å². The lowest BCUT2D eigenvalue weighted by Gasteiger charge is -2.10. The first-order valence-electron chi connectivity index (χ1n) is 8.98. The third-order valence-electron chi connectivity index (χ3n) is 4.23. The van der Waals surface area contributed by atoms with E-state index in [0.29, 0.717) is 11.4 Å². The van der Waals surface area contributed by atoms with Crippen LogP contribution in [0.2, 0.25) is 0 Å². The molecule has 9 nitrogen and oxygen atoms in total. The van der Waals surface area contributed by atoms with E-state index in [2.05, 4.69) is 15.4 Å². The van der Waals surface area contributed by atoms with Crippen molar-refractivity contribution in [2.45, 2.75) is 20.0 Å². The summed E-state index contributed by atoms with van der Waals surface area (Å²) in [5.41, 5.74) is 1.51. The molecule has 29 heavy (non-hydrogen) atoms. The second kappa shape index (κ2) is 8.96. The summed E-state index contributed by atoms with van der Waals surface area (Å²) in [6.45, 7) is 1.97. The van der Waals surface area contributed by atoms with Crippen molar-refractivity contribution in [3.63, 3.8) is 0 Å². The molecule has 9 heteroatoms. The van der Waals surface area contributed by atoms with Crippen LogP contribution in [0.25, 0.3) is 11.3 Å². The molecule has 3 aromatic rings. The third-order valence-corrected chi connectivity index (χ3v) is 4.23. The van der Waals surface area contributed by atoms with Gasteiger partial charge in [-0.15, -0.1) is 0 Å². The normalized spacial score (nSPS) is 10.6. The van der Waals surface area contributed by atoms with Gasteiger partial charge in [0.2, 0.25) is 5.91 Å². The Bertz CT molecular complexity index is 1120. The predicted molar refractivity (Wildman–Crippen MR) is 107 cm³/mol. The van der Waals surface area contributed by atoms with Gasteiger partial charge in [-0.05, 0) is 37.3 Å². The molecule has 0 saturated heterocycles. The minimum Gasteiger partial charge on any atom is -0.497 e. The molecule has 0 aliphatic rings. The molecule has 1 N–H and O–H groups in total. The lowest BCUT2D eigenvalue weighted by molar-refractivity contribution is -0.121. The largest absolute Gasteiger partial charge is 0.497 e. The number of aryl methyl sites for hydroxylation is 1. The van der Waals surface area contributed by atoms with Crippen molar-refractivity contribution in [3.8, 4) is 17.0 Å². The van der Waals surface area contributed by atoms with Gasteiger partial charge in [-0.3, -0.25) is 19.0 Å². The summed E-state index contributed by atoms with van der Waals surface area (Å²) in [5.74, 6) is 0.379. The highest BCUT2D eigenvalue weighted by Crippen LogP contribution is 2.19. The van der Waals surface area contributed by atoms with Gasteiger partial charge in [-0.1, -0.05) is 0 Å². The third kappa shape index (κ3) is 5.16. The van der Waals surface area contributed by atoms with E-state index in [9.17, 15) is 14.4 Å². The highest BCUT2D eigenvalue weighted by Gasteiger charge is 2.07. The molecule has 2 aromatic heterocycles. The van der Waals surface area contributed by atoms with Gasteiger partial charge in [-0.25, -0.2) is 9.67 Å². The molecule has 1 aromatic carbocycles. The summed E-state index contributed by atoms with van der Waals surface area (Å²) >= 11 is 0. The van der Waals surface area contributed by atoms with E-state index < -0.39 is 0 Å². The number of carbonyl (C=O) groups excluding carboxylic acids is 1. The molecule has 0 bridgehead atoms. The van der Waals surface area contributed by atoms with Gasteiger partial charge >= 0.3 is 0 Å². The van der Waals surface area contributed by atoms with E-state index >= 15 is 0 Å². The van der Waals surface area contributed by atoms with Crippen molar-refractivity contribution in [1.29, 1.82) is 0 Å². The van der Waals surface area contributed by atoms with E-state index in [-0.39, 0.29) is 36.7 Å². The van der Waals surface area contributed by atoms with E-state index in [4.69, 9.17) is 4.74 Å². The number of carbonyl (C=O) groups is 1. The maximum atomic E-state index is 12.1.